The van der Waals surface area contributed by atoms with Crippen LogP contribution < -0.4 is 11.5 Å². The molecule has 2 aliphatic carbocycles. The molecular formula is C42H40N2O16S6. The standard InChI is InChI=1S/C42H40N2O16S6/c1-23(2)37-19-29(63(49,50)51)9-13-31(37)33-15-7-27(21-41(33)65(55,56)57)61(45,46)39-17-25(43)5-11-35(39)36-12-6-26(44)18-40(36)62(47,48)28-8-16-34(42(22-28)66(58,59)60)32-14-10-30(64(52,53)54)20-38(32)24(3)4/h5-22,31-32H,43-44H2,1-4H3,(H,49,50,51)(H,52,53,54)(H,55,56,57)(H,58,59,60). The molecule has 0 heterocycles. The highest BCUT2D eigenvalue weighted by atomic mass is 32.2. The van der Waals surface area contributed by atoms with Crippen LogP contribution in [-0.2, 0) is 60.1 Å². The Kier molecular flexibility index (Phi) is 13.1. The van der Waals surface area contributed by atoms with Gasteiger partial charge >= 0.3 is 0 Å². The van der Waals surface area contributed by atoms with Gasteiger partial charge in [0, 0.05) is 34.3 Å². The van der Waals surface area contributed by atoms with Gasteiger partial charge < -0.3 is 11.5 Å². The molecule has 350 valence electrons. The first kappa shape index (κ1) is 49.9. The topological polar surface area (TPSA) is 338 Å². The van der Waals surface area contributed by atoms with Gasteiger partial charge in [-0.25, -0.2) is 16.8 Å². The van der Waals surface area contributed by atoms with Crippen LogP contribution in [0, 0.1) is 0 Å². The van der Waals surface area contributed by atoms with Crippen molar-refractivity contribution in [2.24, 2.45) is 0 Å². The number of hydrogen-bond donors (Lipinski definition) is 6. The highest BCUT2D eigenvalue weighted by Crippen LogP contribution is 2.44. The zero-order valence-corrected chi connectivity index (χ0v) is 39.7. The van der Waals surface area contributed by atoms with E-state index in [4.69, 9.17) is 11.5 Å². The van der Waals surface area contributed by atoms with E-state index in [9.17, 15) is 68.7 Å². The molecule has 0 amide bonds. The summed E-state index contributed by atoms with van der Waals surface area (Å²) in [6, 6.07) is 12.2. The molecule has 4 aromatic carbocycles. The van der Waals surface area contributed by atoms with Crippen molar-refractivity contribution in [1.82, 2.24) is 0 Å². The van der Waals surface area contributed by atoms with Crippen molar-refractivity contribution < 1.29 is 68.7 Å². The summed E-state index contributed by atoms with van der Waals surface area (Å²) in [5, 5.41) is 0. The van der Waals surface area contributed by atoms with E-state index in [-0.39, 0.29) is 44.8 Å². The molecule has 0 fully saturated rings. The largest absolute Gasteiger partial charge is 0.399 e. The van der Waals surface area contributed by atoms with Crippen LogP contribution in [0.1, 0.15) is 50.7 Å². The Balaban J connectivity index is 1.52. The maximum atomic E-state index is 14.7. The lowest BCUT2D eigenvalue weighted by atomic mass is 9.85. The average molecular weight is 1020 g/mol. The summed E-state index contributed by atoms with van der Waals surface area (Å²) in [5.74, 6) is -2.14. The summed E-state index contributed by atoms with van der Waals surface area (Å²) in [7, 11) is -29.8. The molecule has 8 N–H and O–H groups in total. The lowest BCUT2D eigenvalue weighted by Crippen LogP contribution is -2.15. The average Bonchev–Trinajstić information content (AvgIpc) is 3.21. The smallest absolute Gasteiger partial charge is 0.294 e. The van der Waals surface area contributed by atoms with Gasteiger partial charge in [0.2, 0.25) is 19.7 Å². The van der Waals surface area contributed by atoms with E-state index in [1.165, 1.54) is 24.3 Å². The first-order valence-electron chi connectivity index (χ1n) is 18.9. The van der Waals surface area contributed by atoms with Gasteiger partial charge in [-0.05, 0) is 123 Å². The van der Waals surface area contributed by atoms with Crippen LogP contribution in [0.3, 0.4) is 0 Å². The van der Waals surface area contributed by atoms with E-state index in [1.54, 1.807) is 27.7 Å². The molecule has 24 heteroatoms. The van der Waals surface area contributed by atoms with Gasteiger partial charge in [-0.1, -0.05) is 47.6 Å². The third kappa shape index (κ3) is 9.78. The fourth-order valence-corrected chi connectivity index (χ4v) is 13.3. The normalized spacial score (nSPS) is 17.3. The highest BCUT2D eigenvalue weighted by molar-refractivity contribution is 7.92. The van der Waals surface area contributed by atoms with Crippen molar-refractivity contribution >= 4 is 71.5 Å². The predicted molar refractivity (Wildman–Crippen MR) is 244 cm³/mol. The zero-order chi connectivity index (χ0) is 49.3. The minimum absolute atomic E-state index is 0.148. The Bertz CT molecular complexity index is 3430. The summed E-state index contributed by atoms with van der Waals surface area (Å²) in [6.45, 7) is 6.28. The number of anilines is 2. The molecule has 0 aliphatic heterocycles. The van der Waals surface area contributed by atoms with Crippen molar-refractivity contribution in [2.75, 3.05) is 11.5 Å². The van der Waals surface area contributed by atoms with Gasteiger partial charge in [-0.3, -0.25) is 18.2 Å². The molecule has 18 nitrogen and oxygen atoms in total. The minimum Gasteiger partial charge on any atom is -0.399 e. The maximum Gasteiger partial charge on any atom is 0.294 e. The zero-order valence-electron chi connectivity index (χ0n) is 34.8. The number of hydrogen-bond acceptors (Lipinski definition) is 14. The summed E-state index contributed by atoms with van der Waals surface area (Å²) in [5.41, 5.74) is 12.2. The Morgan fingerprint density at radius 2 is 0.773 bits per heavy atom. The van der Waals surface area contributed by atoms with Crippen molar-refractivity contribution in [3.05, 3.63) is 152 Å². The molecule has 2 unspecified atom stereocenters. The third-order valence-corrected chi connectivity index (χ3v) is 17.7. The van der Waals surface area contributed by atoms with Gasteiger partial charge in [0.05, 0.1) is 39.2 Å². The Morgan fingerprint density at radius 1 is 0.439 bits per heavy atom. The van der Waals surface area contributed by atoms with E-state index in [0.717, 1.165) is 72.8 Å². The second-order valence-corrected chi connectivity index (χ2v) is 25.0. The van der Waals surface area contributed by atoms with E-state index in [1.807, 2.05) is 0 Å². The summed E-state index contributed by atoms with van der Waals surface area (Å²) in [6.07, 6.45) is 6.69. The molecular weight excluding hydrogens is 981 g/mol. The Hall–Kier alpha value is -5.54. The van der Waals surface area contributed by atoms with E-state index < -0.39 is 111 Å². The van der Waals surface area contributed by atoms with Gasteiger partial charge in [0.15, 0.2) is 0 Å². The van der Waals surface area contributed by atoms with Crippen LogP contribution in [0.2, 0.25) is 0 Å². The molecule has 0 radical (unpaired) electrons. The van der Waals surface area contributed by atoms with Gasteiger partial charge in [0.25, 0.3) is 40.5 Å². The van der Waals surface area contributed by atoms with E-state index in [2.05, 4.69) is 0 Å². The lowest BCUT2D eigenvalue weighted by molar-refractivity contribution is 0.479. The second-order valence-electron chi connectivity index (χ2n) is 15.5. The van der Waals surface area contributed by atoms with E-state index in [0.29, 0.717) is 23.3 Å². The second kappa shape index (κ2) is 17.3. The number of allylic oxidation sites excluding steroid dienone is 10. The first-order valence-corrected chi connectivity index (χ1v) is 27.6. The molecule has 66 heavy (non-hydrogen) atoms. The predicted octanol–water partition coefficient (Wildman–Crippen LogP) is 6.20. The van der Waals surface area contributed by atoms with Crippen LogP contribution in [0.25, 0.3) is 11.1 Å². The van der Waals surface area contributed by atoms with Crippen molar-refractivity contribution in [3.63, 3.8) is 0 Å². The molecule has 2 atom stereocenters. The van der Waals surface area contributed by atoms with Gasteiger partial charge in [-0.15, -0.1) is 0 Å². The summed E-state index contributed by atoms with van der Waals surface area (Å²) >= 11 is 0. The van der Waals surface area contributed by atoms with Crippen molar-refractivity contribution in [3.8, 4) is 11.1 Å². The lowest BCUT2D eigenvalue weighted by Gasteiger charge is -2.23. The monoisotopic (exact) mass is 1020 g/mol. The molecule has 0 bridgehead atoms. The number of rotatable bonds is 11. The number of nitrogens with two attached hydrogens (primary N) is 2. The summed E-state index contributed by atoms with van der Waals surface area (Å²) in [4.78, 5) is -5.58. The molecule has 6 rings (SSSR count). The number of nitrogen functional groups attached to an aromatic ring is 2. The molecule has 0 saturated heterocycles. The van der Waals surface area contributed by atoms with Crippen molar-refractivity contribution in [1.29, 1.82) is 0 Å². The van der Waals surface area contributed by atoms with Crippen LogP contribution in [0.15, 0.2) is 171 Å². The number of sulfone groups is 2. The molecule has 0 spiro atoms. The quantitative estimate of drug-likeness (QED) is 0.0719. The van der Waals surface area contributed by atoms with Crippen LogP contribution in [-0.4, -0.2) is 68.7 Å². The van der Waals surface area contributed by atoms with Crippen LogP contribution in [0.4, 0.5) is 11.4 Å². The number of benzene rings is 4. The first-order chi connectivity index (χ1) is 30.2. The highest BCUT2D eigenvalue weighted by Gasteiger charge is 2.34. The minimum atomic E-state index is -5.24. The van der Waals surface area contributed by atoms with Gasteiger partial charge in [-0.2, -0.15) is 33.7 Å². The van der Waals surface area contributed by atoms with Crippen molar-refractivity contribution in [2.45, 2.75) is 68.9 Å². The maximum absolute atomic E-state index is 14.7. The Morgan fingerprint density at radius 3 is 1.06 bits per heavy atom. The third-order valence-electron chi connectivity index (χ3n) is 10.6. The van der Waals surface area contributed by atoms with Crippen LogP contribution >= 0.6 is 0 Å². The van der Waals surface area contributed by atoms with Gasteiger partial charge in [0.1, 0.15) is 0 Å². The Labute approximate surface area is 381 Å². The fourth-order valence-electron chi connectivity index (χ4n) is 7.49. The molecule has 0 saturated carbocycles. The molecule has 2 aliphatic rings. The fraction of sp³-hybridized carbons (Fsp3) is 0.143. The molecule has 4 aromatic rings. The SMILES string of the molecule is CC(C)=C1C=C(S(=O)(=O)O)C=CC1c1ccc(S(=O)(=O)c2cc(N)ccc2-c2ccc(N)cc2S(=O)(=O)c2ccc(C3C=CC(S(=O)(=O)O)=CC3=C(C)C)c(S(=O)(=O)O)c2)cc1S(=O)(=O)O. The molecule has 0 aromatic heterocycles. The van der Waals surface area contributed by atoms with Crippen LogP contribution in [0.5, 0.6) is 0 Å². The summed E-state index contributed by atoms with van der Waals surface area (Å²) < 4.78 is 198. The van der Waals surface area contributed by atoms with E-state index >= 15 is 0 Å².